The fourth-order valence-electron chi connectivity index (χ4n) is 2.54. The molecule has 0 spiro atoms. The van der Waals surface area contributed by atoms with Crippen molar-refractivity contribution in [2.75, 3.05) is 13.2 Å². The summed E-state index contributed by atoms with van der Waals surface area (Å²) in [7, 11) is 0. The maximum atomic E-state index is 12.3. The molecule has 2 rings (SSSR count). The van der Waals surface area contributed by atoms with Gasteiger partial charge in [-0.3, -0.25) is 0 Å². The molecule has 1 aliphatic heterocycles. The average Bonchev–Trinajstić information content (AvgIpc) is 2.48. The fourth-order valence-corrected chi connectivity index (χ4v) is 2.67. The molecule has 1 aromatic carbocycles. The van der Waals surface area contributed by atoms with Gasteiger partial charge in [0.15, 0.2) is 5.79 Å². The highest BCUT2D eigenvalue weighted by atomic mass is 35.5. The van der Waals surface area contributed by atoms with Gasteiger partial charge >= 0.3 is 6.09 Å². The molecule has 6 heteroatoms. The second-order valence-corrected chi connectivity index (χ2v) is 8.45. The molecule has 1 saturated heterocycles. The topological polar surface area (TPSA) is 56.8 Å². The van der Waals surface area contributed by atoms with Crippen molar-refractivity contribution in [3.63, 3.8) is 0 Å². The highest BCUT2D eigenvalue weighted by Crippen LogP contribution is 2.28. The molecule has 25 heavy (non-hydrogen) atoms. The summed E-state index contributed by atoms with van der Waals surface area (Å²) in [4.78, 5) is 12.3. The van der Waals surface area contributed by atoms with Crippen molar-refractivity contribution < 1.29 is 19.0 Å². The van der Waals surface area contributed by atoms with E-state index in [-0.39, 0.29) is 0 Å². The van der Waals surface area contributed by atoms with Crippen LogP contribution in [0.3, 0.4) is 0 Å². The molecule has 140 valence electrons. The van der Waals surface area contributed by atoms with Crippen LogP contribution in [0, 0.1) is 0 Å². The SMILES string of the molecule is CC(C)(C)OC(=O)NC1(CCc2ccc(Cl)cc2)COC(C)(C)OC1. The predicted octanol–water partition coefficient (Wildman–Crippen LogP) is 4.32. The van der Waals surface area contributed by atoms with E-state index in [1.165, 1.54) is 0 Å². The van der Waals surface area contributed by atoms with Gasteiger partial charge in [-0.15, -0.1) is 0 Å². The lowest BCUT2D eigenvalue weighted by molar-refractivity contribution is -0.271. The van der Waals surface area contributed by atoms with Crippen LogP contribution in [0.2, 0.25) is 5.02 Å². The second-order valence-electron chi connectivity index (χ2n) is 8.01. The van der Waals surface area contributed by atoms with Gasteiger partial charge in [-0.1, -0.05) is 23.7 Å². The third-order valence-electron chi connectivity index (χ3n) is 3.96. The number of amides is 1. The van der Waals surface area contributed by atoms with Gasteiger partial charge in [0.25, 0.3) is 0 Å². The molecule has 0 aromatic heterocycles. The van der Waals surface area contributed by atoms with Gasteiger partial charge in [0.05, 0.1) is 18.8 Å². The lowest BCUT2D eigenvalue weighted by Crippen LogP contribution is -2.61. The van der Waals surface area contributed by atoms with Gasteiger partial charge in [-0.25, -0.2) is 4.79 Å². The fraction of sp³-hybridized carbons (Fsp3) is 0.632. The number of hydrogen-bond acceptors (Lipinski definition) is 4. The maximum absolute atomic E-state index is 12.3. The Hall–Kier alpha value is -1.30. The van der Waals surface area contributed by atoms with Gasteiger partial charge in [0.2, 0.25) is 0 Å². The van der Waals surface area contributed by atoms with E-state index in [0.29, 0.717) is 24.7 Å². The minimum absolute atomic E-state index is 0.368. The van der Waals surface area contributed by atoms with Crippen LogP contribution >= 0.6 is 11.6 Å². The molecule has 1 aliphatic rings. The highest BCUT2D eigenvalue weighted by molar-refractivity contribution is 6.30. The highest BCUT2D eigenvalue weighted by Gasteiger charge is 2.41. The molecular weight excluding hydrogens is 342 g/mol. The van der Waals surface area contributed by atoms with Gasteiger partial charge in [-0.2, -0.15) is 0 Å². The molecule has 0 unspecified atom stereocenters. The van der Waals surface area contributed by atoms with Crippen LogP contribution in [-0.4, -0.2) is 36.2 Å². The quantitative estimate of drug-likeness (QED) is 0.858. The van der Waals surface area contributed by atoms with Crippen molar-refractivity contribution in [1.29, 1.82) is 0 Å². The molecule has 1 heterocycles. The first-order valence-corrected chi connectivity index (χ1v) is 8.90. The summed E-state index contributed by atoms with van der Waals surface area (Å²) in [5.41, 5.74) is -0.0474. The monoisotopic (exact) mass is 369 g/mol. The normalized spacial score (nSPS) is 19.3. The Bertz CT molecular complexity index is 582. The maximum Gasteiger partial charge on any atom is 0.408 e. The molecular formula is C19H28ClNO4. The minimum Gasteiger partial charge on any atom is -0.444 e. The third kappa shape index (κ3) is 6.49. The van der Waals surface area contributed by atoms with Crippen molar-refractivity contribution in [2.45, 2.75) is 64.4 Å². The van der Waals surface area contributed by atoms with E-state index >= 15 is 0 Å². The standard InChI is InChI=1S/C19H28ClNO4/c1-17(2,3)25-16(22)21-19(12-23-18(4,5)24-13-19)11-10-14-6-8-15(20)9-7-14/h6-9H,10-13H2,1-5H3,(H,21,22). The summed E-state index contributed by atoms with van der Waals surface area (Å²) in [5, 5.41) is 3.68. The summed E-state index contributed by atoms with van der Waals surface area (Å²) in [6.07, 6.45) is 0.972. The van der Waals surface area contributed by atoms with Crippen LogP contribution in [0.5, 0.6) is 0 Å². The zero-order chi connectivity index (χ0) is 18.7. The average molecular weight is 370 g/mol. The number of aryl methyl sites for hydroxylation is 1. The van der Waals surface area contributed by atoms with Crippen LogP contribution in [0.25, 0.3) is 0 Å². The largest absolute Gasteiger partial charge is 0.444 e. The summed E-state index contributed by atoms with van der Waals surface area (Å²) >= 11 is 5.94. The molecule has 1 amide bonds. The Kier molecular flexibility index (Phi) is 6.02. The van der Waals surface area contributed by atoms with E-state index in [2.05, 4.69) is 5.32 Å². The van der Waals surface area contributed by atoms with Gasteiger partial charge in [0.1, 0.15) is 5.60 Å². The number of hydrogen-bond donors (Lipinski definition) is 1. The molecule has 0 aliphatic carbocycles. The lowest BCUT2D eigenvalue weighted by atomic mass is 9.91. The van der Waals surface area contributed by atoms with Crippen molar-refractivity contribution >= 4 is 17.7 Å². The Morgan fingerprint density at radius 2 is 1.76 bits per heavy atom. The van der Waals surface area contributed by atoms with E-state index in [1.54, 1.807) is 0 Å². The van der Waals surface area contributed by atoms with E-state index in [1.807, 2.05) is 58.9 Å². The molecule has 1 aromatic rings. The van der Waals surface area contributed by atoms with Crippen LogP contribution in [-0.2, 0) is 20.6 Å². The number of nitrogens with one attached hydrogen (secondary N) is 1. The zero-order valence-electron chi connectivity index (χ0n) is 15.6. The Balaban J connectivity index is 2.06. The summed E-state index contributed by atoms with van der Waals surface area (Å²) in [5.74, 6) is -0.653. The molecule has 1 fully saturated rings. The predicted molar refractivity (Wildman–Crippen MR) is 97.9 cm³/mol. The van der Waals surface area contributed by atoms with Gasteiger partial charge < -0.3 is 19.5 Å². The number of rotatable bonds is 4. The van der Waals surface area contributed by atoms with Crippen molar-refractivity contribution in [3.05, 3.63) is 34.9 Å². The van der Waals surface area contributed by atoms with Crippen molar-refractivity contribution in [2.24, 2.45) is 0 Å². The number of carbonyl (C=O) groups excluding carboxylic acids is 1. The van der Waals surface area contributed by atoms with Crippen LogP contribution < -0.4 is 5.32 Å². The second kappa shape index (κ2) is 7.52. The Labute approximate surface area is 155 Å². The van der Waals surface area contributed by atoms with Gasteiger partial charge in [0, 0.05) is 5.02 Å². The summed E-state index contributed by atoms with van der Waals surface area (Å²) < 4.78 is 17.0. The molecule has 0 bridgehead atoms. The molecule has 0 atom stereocenters. The van der Waals surface area contributed by atoms with E-state index < -0.39 is 23.0 Å². The number of benzene rings is 1. The summed E-state index contributed by atoms with van der Waals surface area (Å²) in [6, 6.07) is 7.69. The molecule has 0 saturated carbocycles. The number of halogens is 1. The van der Waals surface area contributed by atoms with E-state index in [9.17, 15) is 4.79 Å². The first-order chi connectivity index (χ1) is 11.5. The molecule has 5 nitrogen and oxygen atoms in total. The number of alkyl carbamates (subject to hydrolysis) is 1. The van der Waals surface area contributed by atoms with Crippen molar-refractivity contribution in [1.82, 2.24) is 5.32 Å². The van der Waals surface area contributed by atoms with Crippen LogP contribution in [0.1, 0.15) is 46.6 Å². The first kappa shape index (κ1) is 20.0. The van der Waals surface area contributed by atoms with Crippen molar-refractivity contribution in [3.8, 4) is 0 Å². The summed E-state index contributed by atoms with van der Waals surface area (Å²) in [6.45, 7) is 9.98. The minimum atomic E-state index is -0.653. The third-order valence-corrected chi connectivity index (χ3v) is 4.22. The lowest BCUT2D eigenvalue weighted by Gasteiger charge is -2.44. The molecule has 0 radical (unpaired) electrons. The number of ether oxygens (including phenoxy) is 3. The van der Waals surface area contributed by atoms with Crippen LogP contribution in [0.4, 0.5) is 4.79 Å². The van der Waals surface area contributed by atoms with E-state index in [4.69, 9.17) is 25.8 Å². The van der Waals surface area contributed by atoms with E-state index in [0.717, 1.165) is 12.0 Å². The van der Waals surface area contributed by atoms with Crippen LogP contribution in [0.15, 0.2) is 24.3 Å². The Morgan fingerprint density at radius 3 is 2.28 bits per heavy atom. The van der Waals surface area contributed by atoms with Gasteiger partial charge in [-0.05, 0) is 65.2 Å². The smallest absolute Gasteiger partial charge is 0.408 e. The first-order valence-electron chi connectivity index (χ1n) is 8.52. The number of carbonyl (C=O) groups is 1. The molecule has 1 N–H and O–H groups in total. The zero-order valence-corrected chi connectivity index (χ0v) is 16.4. The Morgan fingerprint density at radius 1 is 1.20 bits per heavy atom.